The topological polar surface area (TPSA) is 50.2 Å². The second-order valence-electron chi connectivity index (χ2n) is 7.75. The number of carbonyl (C=O) groups is 1. The number of hydrogen-bond acceptors (Lipinski definition) is 3. The molecule has 2 aromatic carbocycles. The number of carbonyl (C=O) groups excluding carboxylic acids is 1. The van der Waals surface area contributed by atoms with Crippen LogP contribution in [0.15, 0.2) is 60.8 Å². The van der Waals surface area contributed by atoms with Crippen LogP contribution >= 0.6 is 0 Å². The van der Waals surface area contributed by atoms with Gasteiger partial charge >= 0.3 is 6.18 Å². The third-order valence-electron chi connectivity index (χ3n) is 5.63. The highest BCUT2D eigenvalue weighted by Crippen LogP contribution is 2.30. The van der Waals surface area contributed by atoms with E-state index in [1.807, 2.05) is 18.2 Å². The Morgan fingerprint density at radius 3 is 2.61 bits per heavy atom. The number of nitrogens with one attached hydrogen (secondary N) is 1. The number of amides is 1. The second kappa shape index (κ2) is 8.45. The van der Waals surface area contributed by atoms with Gasteiger partial charge in [-0.15, -0.1) is 0 Å². The summed E-state index contributed by atoms with van der Waals surface area (Å²) in [6, 6.07) is 15.1. The maximum absolute atomic E-state index is 13.0. The number of aromatic nitrogens is 2. The number of para-hydroxylation sites is 1. The van der Waals surface area contributed by atoms with Crippen LogP contribution in [-0.4, -0.2) is 35.3 Å². The first-order chi connectivity index (χ1) is 14.8. The quantitative estimate of drug-likeness (QED) is 0.653. The van der Waals surface area contributed by atoms with Crippen LogP contribution in [-0.2, 0) is 6.18 Å². The van der Waals surface area contributed by atoms with E-state index < -0.39 is 11.7 Å². The Labute approximate surface area is 178 Å². The van der Waals surface area contributed by atoms with Crippen molar-refractivity contribution in [2.24, 2.45) is 5.92 Å². The largest absolute Gasteiger partial charge is 0.416 e. The van der Waals surface area contributed by atoms with E-state index in [2.05, 4.69) is 27.4 Å². The van der Waals surface area contributed by atoms with Crippen molar-refractivity contribution >= 4 is 11.6 Å². The summed E-state index contributed by atoms with van der Waals surface area (Å²) in [5.74, 6) is 0.0665. The lowest BCUT2D eigenvalue weighted by Crippen LogP contribution is -2.31. The molecule has 1 fully saturated rings. The molecule has 1 aliphatic rings. The molecule has 1 amide bonds. The summed E-state index contributed by atoms with van der Waals surface area (Å²) >= 11 is 0. The Balaban J connectivity index is 1.40. The third-order valence-corrected chi connectivity index (χ3v) is 5.63. The summed E-state index contributed by atoms with van der Waals surface area (Å²) in [6.45, 7) is 4.02. The fourth-order valence-corrected chi connectivity index (χ4v) is 3.91. The fraction of sp³-hybridized carbons (Fsp3) is 0.304. The smallest absolute Gasteiger partial charge is 0.371 e. The van der Waals surface area contributed by atoms with Crippen molar-refractivity contribution in [2.75, 3.05) is 24.5 Å². The van der Waals surface area contributed by atoms with Crippen molar-refractivity contribution < 1.29 is 18.0 Å². The molecule has 1 aliphatic heterocycles. The lowest BCUT2D eigenvalue weighted by Gasteiger charge is -2.18. The van der Waals surface area contributed by atoms with Gasteiger partial charge in [0, 0.05) is 25.3 Å². The van der Waals surface area contributed by atoms with Crippen LogP contribution in [0.4, 0.5) is 18.9 Å². The van der Waals surface area contributed by atoms with E-state index in [1.165, 1.54) is 28.7 Å². The molecule has 5 nitrogen and oxygen atoms in total. The van der Waals surface area contributed by atoms with Gasteiger partial charge in [0.15, 0.2) is 0 Å². The van der Waals surface area contributed by atoms with Gasteiger partial charge in [0.05, 0.1) is 28.7 Å². The molecule has 1 unspecified atom stereocenters. The van der Waals surface area contributed by atoms with Crippen molar-refractivity contribution in [3.8, 4) is 5.69 Å². The summed E-state index contributed by atoms with van der Waals surface area (Å²) < 4.78 is 40.4. The molecule has 162 valence electrons. The van der Waals surface area contributed by atoms with Gasteiger partial charge in [0.1, 0.15) is 0 Å². The number of halogens is 3. The highest BCUT2D eigenvalue weighted by Gasteiger charge is 2.31. The lowest BCUT2D eigenvalue weighted by atomic mass is 10.1. The molecule has 3 aromatic rings. The predicted molar refractivity (Wildman–Crippen MR) is 112 cm³/mol. The first-order valence-electron chi connectivity index (χ1n) is 10.1. The van der Waals surface area contributed by atoms with E-state index in [0.717, 1.165) is 31.6 Å². The number of nitrogens with zero attached hydrogens (tertiary/aromatic N) is 3. The summed E-state index contributed by atoms with van der Waals surface area (Å²) in [6.07, 6.45) is -2.06. The molecule has 0 aliphatic carbocycles. The zero-order valence-electron chi connectivity index (χ0n) is 17.1. The Kier molecular flexibility index (Phi) is 5.71. The highest BCUT2D eigenvalue weighted by atomic mass is 19.4. The maximum Gasteiger partial charge on any atom is 0.416 e. The molecule has 8 heteroatoms. The minimum atomic E-state index is -4.44. The molecule has 1 saturated heterocycles. The zero-order chi connectivity index (χ0) is 22.0. The highest BCUT2D eigenvalue weighted by molar-refractivity contribution is 5.95. The molecular weight excluding hydrogens is 405 g/mol. The number of hydrogen-bond donors (Lipinski definition) is 1. The molecule has 1 aromatic heterocycles. The molecule has 0 spiro atoms. The summed E-state index contributed by atoms with van der Waals surface area (Å²) in [7, 11) is 0. The number of alkyl halides is 3. The van der Waals surface area contributed by atoms with Gasteiger partial charge in [-0.3, -0.25) is 4.79 Å². The van der Waals surface area contributed by atoms with E-state index in [4.69, 9.17) is 0 Å². The monoisotopic (exact) mass is 428 g/mol. The minimum Gasteiger partial charge on any atom is -0.371 e. The normalized spacial score (nSPS) is 16.5. The average molecular weight is 428 g/mol. The SMILES string of the molecule is Cc1c(C(=O)NCC2CCN(c3ccccc3)C2)cnn1-c1cccc(C(F)(F)F)c1. The first-order valence-corrected chi connectivity index (χ1v) is 10.1. The summed E-state index contributed by atoms with van der Waals surface area (Å²) in [4.78, 5) is 15.0. The van der Waals surface area contributed by atoms with Crippen LogP contribution in [0.3, 0.4) is 0 Å². The van der Waals surface area contributed by atoms with Crippen LogP contribution in [0, 0.1) is 12.8 Å². The number of anilines is 1. The van der Waals surface area contributed by atoms with Gasteiger partial charge in [-0.05, 0) is 49.6 Å². The number of rotatable bonds is 5. The van der Waals surface area contributed by atoms with Gasteiger partial charge in [-0.25, -0.2) is 4.68 Å². The fourth-order valence-electron chi connectivity index (χ4n) is 3.91. The van der Waals surface area contributed by atoms with E-state index >= 15 is 0 Å². The van der Waals surface area contributed by atoms with Crippen molar-refractivity contribution in [3.63, 3.8) is 0 Å². The molecule has 4 rings (SSSR count). The standard InChI is InChI=1S/C23H23F3N4O/c1-16-21(14-28-30(16)20-9-5-6-18(12-20)23(24,25)26)22(31)27-13-17-10-11-29(15-17)19-7-3-2-4-8-19/h2-9,12,14,17H,10-11,13,15H2,1H3,(H,27,31). The van der Waals surface area contributed by atoms with Gasteiger partial charge < -0.3 is 10.2 Å². The van der Waals surface area contributed by atoms with Crippen LogP contribution in [0.2, 0.25) is 0 Å². The van der Waals surface area contributed by atoms with Crippen molar-refractivity contribution in [1.29, 1.82) is 0 Å². The molecule has 1 N–H and O–H groups in total. The Hall–Kier alpha value is -3.29. The van der Waals surface area contributed by atoms with Crippen LogP contribution in [0.1, 0.15) is 28.0 Å². The number of benzene rings is 2. The maximum atomic E-state index is 13.0. The van der Waals surface area contributed by atoms with Gasteiger partial charge in [-0.1, -0.05) is 24.3 Å². The van der Waals surface area contributed by atoms with Crippen LogP contribution in [0.25, 0.3) is 5.69 Å². The third kappa shape index (κ3) is 4.57. The first kappa shape index (κ1) is 21.0. The molecular formula is C23H23F3N4O. The minimum absolute atomic E-state index is 0.265. The molecule has 0 bridgehead atoms. The lowest BCUT2D eigenvalue weighted by molar-refractivity contribution is -0.137. The average Bonchev–Trinajstić information content (AvgIpc) is 3.39. The van der Waals surface area contributed by atoms with Gasteiger partial charge in [0.2, 0.25) is 0 Å². The molecule has 1 atom stereocenters. The van der Waals surface area contributed by atoms with E-state index in [0.29, 0.717) is 23.7 Å². The van der Waals surface area contributed by atoms with E-state index in [-0.39, 0.29) is 11.6 Å². The van der Waals surface area contributed by atoms with E-state index in [1.54, 1.807) is 6.92 Å². The van der Waals surface area contributed by atoms with Crippen LogP contribution < -0.4 is 10.2 Å². The summed E-state index contributed by atoms with van der Waals surface area (Å²) in [5, 5.41) is 7.10. The second-order valence-corrected chi connectivity index (χ2v) is 7.75. The molecule has 0 saturated carbocycles. The molecule has 0 radical (unpaired) electrons. The Morgan fingerprint density at radius 2 is 1.87 bits per heavy atom. The Morgan fingerprint density at radius 1 is 1.13 bits per heavy atom. The van der Waals surface area contributed by atoms with Gasteiger partial charge in [-0.2, -0.15) is 18.3 Å². The van der Waals surface area contributed by atoms with E-state index in [9.17, 15) is 18.0 Å². The predicted octanol–water partition coefficient (Wildman–Crippen LogP) is 4.46. The zero-order valence-corrected chi connectivity index (χ0v) is 17.1. The Bertz CT molecular complexity index is 1060. The molecule has 2 heterocycles. The summed E-state index contributed by atoms with van der Waals surface area (Å²) in [5.41, 5.74) is 1.54. The van der Waals surface area contributed by atoms with Crippen molar-refractivity contribution in [3.05, 3.63) is 77.6 Å². The molecule has 31 heavy (non-hydrogen) atoms. The van der Waals surface area contributed by atoms with Crippen molar-refractivity contribution in [2.45, 2.75) is 19.5 Å². The van der Waals surface area contributed by atoms with Crippen molar-refractivity contribution in [1.82, 2.24) is 15.1 Å². The van der Waals surface area contributed by atoms with Gasteiger partial charge in [0.25, 0.3) is 5.91 Å². The van der Waals surface area contributed by atoms with Crippen LogP contribution in [0.5, 0.6) is 0 Å².